The van der Waals surface area contributed by atoms with E-state index in [0.717, 1.165) is 11.1 Å². The molecule has 1 aliphatic heterocycles. The van der Waals surface area contributed by atoms with Crippen LogP contribution in [0.1, 0.15) is 66.9 Å². The number of alkyl carbamates (subject to hydrolysis) is 1. The molecule has 3 N–H and O–H groups in total. The topological polar surface area (TPSA) is 164 Å². The summed E-state index contributed by atoms with van der Waals surface area (Å²) in [7, 11) is 5.87. The van der Waals surface area contributed by atoms with Crippen LogP contribution < -0.4 is 15.0 Å². The predicted molar refractivity (Wildman–Crippen MR) is 185 cm³/mol. The molecule has 14 heteroatoms. The lowest BCUT2D eigenvalue weighted by atomic mass is 9.91. The summed E-state index contributed by atoms with van der Waals surface area (Å²) in [5.74, 6) is -1.26. The lowest BCUT2D eigenvalue weighted by Gasteiger charge is -2.41. The van der Waals surface area contributed by atoms with Crippen LogP contribution in [0.5, 0.6) is 5.75 Å². The molecule has 2 rings (SSSR count). The fraction of sp³-hybridized carbons (Fsp3) is 0.600. The van der Waals surface area contributed by atoms with Gasteiger partial charge in [-0.1, -0.05) is 49.2 Å². The van der Waals surface area contributed by atoms with Gasteiger partial charge in [0.05, 0.1) is 24.8 Å². The number of rotatable bonds is 15. The Bertz CT molecular complexity index is 1420. The van der Waals surface area contributed by atoms with Crippen LogP contribution in [0.2, 0.25) is 5.02 Å². The average molecular weight is 710 g/mol. The first-order chi connectivity index (χ1) is 22.6. The molecule has 1 fully saturated rings. The molecule has 13 nitrogen and oxygen atoms in total. The summed E-state index contributed by atoms with van der Waals surface area (Å²) in [6.45, 7) is 11.4. The van der Waals surface area contributed by atoms with Crippen LogP contribution in [-0.4, -0.2) is 103 Å². The van der Waals surface area contributed by atoms with E-state index < -0.39 is 53.6 Å². The SMILES string of the molecule is COc1cc(C/C(C)=C/C=C/[C@@H](OC)[C@@]2(O)CC(C(C)C)OC(=O)N2)cc(N(C)C(=O)C[C@H](OC(=O)[C@H](C)N(C)C(C)=O)C(C)(C)O)c1Cl. The van der Waals surface area contributed by atoms with Gasteiger partial charge in [-0.3, -0.25) is 14.9 Å². The number of ether oxygens (including phenoxy) is 4. The predicted octanol–water partition coefficient (Wildman–Crippen LogP) is 4.15. The molecule has 3 amide bonds. The Balaban J connectivity index is 2.27. The number of allylic oxidation sites excluding steroid dienone is 3. The van der Waals surface area contributed by atoms with E-state index in [-0.39, 0.29) is 29.7 Å². The van der Waals surface area contributed by atoms with Crippen LogP contribution >= 0.6 is 11.6 Å². The van der Waals surface area contributed by atoms with Gasteiger partial charge in [-0.05, 0) is 57.7 Å². The number of carbonyl (C=O) groups is 4. The third-order valence-electron chi connectivity index (χ3n) is 8.57. The Hall–Kier alpha value is -3.65. The Morgan fingerprint density at radius 1 is 1.18 bits per heavy atom. The van der Waals surface area contributed by atoms with E-state index in [1.807, 2.05) is 26.8 Å². The summed E-state index contributed by atoms with van der Waals surface area (Å²) >= 11 is 6.64. The summed E-state index contributed by atoms with van der Waals surface area (Å²) in [5, 5.41) is 24.6. The van der Waals surface area contributed by atoms with Crippen molar-refractivity contribution in [3.8, 4) is 5.75 Å². The monoisotopic (exact) mass is 709 g/mol. The molecular formula is C35H52ClN3O10. The molecule has 49 heavy (non-hydrogen) atoms. The van der Waals surface area contributed by atoms with Crippen molar-refractivity contribution in [3.63, 3.8) is 0 Å². The maximum Gasteiger partial charge on any atom is 0.409 e. The zero-order chi connectivity index (χ0) is 37.4. The number of carbonyl (C=O) groups excluding carboxylic acids is 4. The smallest absolute Gasteiger partial charge is 0.409 e. The first kappa shape index (κ1) is 41.5. The summed E-state index contributed by atoms with van der Waals surface area (Å²) in [6, 6.07) is 2.56. The zero-order valence-electron chi connectivity index (χ0n) is 30.3. The van der Waals surface area contributed by atoms with E-state index in [1.165, 1.54) is 65.8 Å². The number of amides is 3. The Morgan fingerprint density at radius 3 is 2.35 bits per heavy atom. The number of halogens is 1. The highest BCUT2D eigenvalue weighted by molar-refractivity contribution is 6.35. The molecule has 1 aromatic carbocycles. The second-order valence-electron chi connectivity index (χ2n) is 13.3. The summed E-state index contributed by atoms with van der Waals surface area (Å²) in [5.41, 5.74) is -1.23. The summed E-state index contributed by atoms with van der Waals surface area (Å²) in [6.07, 6.45) is 2.16. The molecular weight excluding hydrogens is 658 g/mol. The number of aliphatic hydroxyl groups is 2. The van der Waals surface area contributed by atoms with Crippen LogP contribution in [0.4, 0.5) is 10.5 Å². The minimum Gasteiger partial charge on any atom is -0.495 e. The van der Waals surface area contributed by atoms with Gasteiger partial charge in [-0.2, -0.15) is 0 Å². The highest BCUT2D eigenvalue weighted by atomic mass is 35.5. The lowest BCUT2D eigenvalue weighted by Crippen LogP contribution is -2.63. The number of benzene rings is 1. The number of likely N-dealkylation sites (N-methyl/N-ethyl adjacent to an activating group) is 1. The Morgan fingerprint density at radius 2 is 1.82 bits per heavy atom. The van der Waals surface area contributed by atoms with Gasteiger partial charge in [0.2, 0.25) is 11.8 Å². The van der Waals surface area contributed by atoms with Crippen LogP contribution in [0.15, 0.2) is 35.9 Å². The van der Waals surface area contributed by atoms with Crippen molar-refractivity contribution in [1.29, 1.82) is 0 Å². The normalized spacial score (nSPS) is 20.3. The minimum absolute atomic E-state index is 0.00648. The van der Waals surface area contributed by atoms with Gasteiger partial charge >= 0.3 is 12.1 Å². The zero-order valence-corrected chi connectivity index (χ0v) is 31.1. The molecule has 0 aromatic heterocycles. The molecule has 0 radical (unpaired) electrons. The molecule has 1 heterocycles. The first-order valence-corrected chi connectivity index (χ1v) is 16.4. The minimum atomic E-state index is -1.65. The highest BCUT2D eigenvalue weighted by Gasteiger charge is 2.45. The van der Waals surface area contributed by atoms with Gasteiger partial charge in [-0.25, -0.2) is 9.59 Å². The number of anilines is 1. The van der Waals surface area contributed by atoms with Crippen molar-refractivity contribution in [1.82, 2.24) is 10.2 Å². The van der Waals surface area contributed by atoms with Crippen molar-refractivity contribution >= 4 is 41.2 Å². The number of cyclic esters (lactones) is 1. The van der Waals surface area contributed by atoms with Crippen molar-refractivity contribution in [2.45, 2.75) is 103 Å². The number of nitrogens with zero attached hydrogens (tertiary/aromatic N) is 2. The van der Waals surface area contributed by atoms with Crippen molar-refractivity contribution < 1.29 is 48.3 Å². The van der Waals surface area contributed by atoms with E-state index in [1.54, 1.807) is 24.3 Å². The van der Waals surface area contributed by atoms with E-state index >= 15 is 0 Å². The van der Waals surface area contributed by atoms with Crippen LogP contribution in [0, 0.1) is 5.92 Å². The Kier molecular flexibility index (Phi) is 14.7. The van der Waals surface area contributed by atoms with Crippen molar-refractivity contribution in [2.75, 3.05) is 33.2 Å². The number of methoxy groups -OCH3 is 2. The molecule has 0 aliphatic carbocycles. The largest absolute Gasteiger partial charge is 0.495 e. The molecule has 1 saturated heterocycles. The van der Waals surface area contributed by atoms with Crippen LogP contribution in [0.3, 0.4) is 0 Å². The maximum atomic E-state index is 13.5. The summed E-state index contributed by atoms with van der Waals surface area (Å²) < 4.78 is 21.8. The van der Waals surface area contributed by atoms with Crippen molar-refractivity contribution in [3.05, 3.63) is 46.5 Å². The molecule has 274 valence electrons. The van der Waals surface area contributed by atoms with Gasteiger partial charge in [-0.15, -0.1) is 0 Å². The van der Waals surface area contributed by atoms with E-state index in [4.69, 9.17) is 30.5 Å². The van der Waals surface area contributed by atoms with Gasteiger partial charge < -0.3 is 39.0 Å². The molecule has 0 bridgehead atoms. The molecule has 0 saturated carbocycles. The Labute approximate surface area is 294 Å². The molecule has 5 atom stereocenters. The average Bonchev–Trinajstić information content (AvgIpc) is 3.01. The van der Waals surface area contributed by atoms with E-state index in [0.29, 0.717) is 17.9 Å². The molecule has 1 unspecified atom stereocenters. The number of nitrogens with one attached hydrogen (secondary N) is 1. The van der Waals surface area contributed by atoms with Crippen LogP contribution in [0.25, 0.3) is 0 Å². The third kappa shape index (κ3) is 11.2. The standard InChI is InChI=1S/C35H52ClN3O10/c1-20(2)27-19-35(45,37-33(43)48-27)28(47-11)14-12-13-21(3)15-24-16-25(31(36)26(17-24)46-10)39(9)30(41)18-29(34(6,7)44)49-32(42)22(4)38(8)23(5)40/h12-14,16-17,20,22,27-29,44-45H,15,18-19H2,1-11H3,(H,37,43)/b14-12+,21-13+/t22-,27?,28+,29-,35-/m0/s1. The highest BCUT2D eigenvalue weighted by Crippen LogP contribution is 2.37. The fourth-order valence-electron chi connectivity index (χ4n) is 5.10. The van der Waals surface area contributed by atoms with Gasteiger partial charge in [0.15, 0.2) is 5.72 Å². The first-order valence-electron chi connectivity index (χ1n) is 16.0. The van der Waals surface area contributed by atoms with Gasteiger partial charge in [0.25, 0.3) is 0 Å². The van der Waals surface area contributed by atoms with Gasteiger partial charge in [0.1, 0.15) is 35.1 Å². The number of hydrogen-bond donors (Lipinski definition) is 3. The fourth-order valence-corrected chi connectivity index (χ4v) is 5.42. The maximum absolute atomic E-state index is 13.5. The summed E-state index contributed by atoms with van der Waals surface area (Å²) in [4.78, 5) is 52.7. The van der Waals surface area contributed by atoms with E-state index in [9.17, 15) is 29.4 Å². The van der Waals surface area contributed by atoms with Gasteiger partial charge in [0, 0.05) is 34.5 Å². The molecule has 0 spiro atoms. The second kappa shape index (κ2) is 17.3. The van der Waals surface area contributed by atoms with Crippen LogP contribution in [-0.2, 0) is 35.0 Å². The number of esters is 1. The molecule has 1 aromatic rings. The quantitative estimate of drug-likeness (QED) is 0.178. The molecule has 1 aliphatic rings. The number of hydrogen-bond acceptors (Lipinski definition) is 10. The third-order valence-corrected chi connectivity index (χ3v) is 8.95. The second-order valence-corrected chi connectivity index (χ2v) is 13.7. The van der Waals surface area contributed by atoms with E-state index in [2.05, 4.69) is 5.32 Å². The lowest BCUT2D eigenvalue weighted by molar-refractivity contribution is -0.170. The van der Waals surface area contributed by atoms with Crippen molar-refractivity contribution in [2.24, 2.45) is 5.92 Å².